The third-order valence-electron chi connectivity index (χ3n) is 14.3. The molecule has 1 aromatic heterocycles. The number of ether oxygens (including phenoxy) is 1. The Bertz CT molecular complexity index is 1370. The smallest absolute Gasteiger partial charge is 0.302 e. The lowest BCUT2D eigenvalue weighted by atomic mass is 9.33. The lowest BCUT2D eigenvalue weighted by Gasteiger charge is -2.70. The van der Waals surface area contributed by atoms with E-state index >= 15 is 0 Å². The lowest BCUT2D eigenvalue weighted by molar-refractivity contribution is -0.210. The molecule has 1 aromatic rings. The second-order valence-corrected chi connectivity index (χ2v) is 16.9. The van der Waals surface area contributed by atoms with Gasteiger partial charge in [0.25, 0.3) is 0 Å². The zero-order valence-corrected chi connectivity index (χ0v) is 27.6. The molecule has 0 saturated heterocycles. The maximum absolute atomic E-state index is 14.6. The van der Waals surface area contributed by atoms with E-state index < -0.39 is 5.41 Å². The molecule has 1 N–H and O–H groups in total. The minimum absolute atomic E-state index is 0.0561. The number of carbonyl (C=O) groups excluding carboxylic acids is 3. The average molecular weight is 589 g/mol. The summed E-state index contributed by atoms with van der Waals surface area (Å²) in [5.41, 5.74) is 1.10. The molecular weight excluding hydrogens is 536 g/mol. The van der Waals surface area contributed by atoms with Crippen LogP contribution < -0.4 is 5.32 Å². The number of carbonyl (C=O) groups is 3. The predicted octanol–water partition coefficient (Wildman–Crippen LogP) is 7.93. The molecule has 0 radical (unpaired) electrons. The largest absolute Gasteiger partial charge is 0.462 e. The van der Waals surface area contributed by atoms with Crippen LogP contribution in [0.1, 0.15) is 113 Å². The number of anilines is 1. The molecule has 6 nitrogen and oxygen atoms in total. The number of nitrogens with zero attached hydrogens (tertiary/aromatic N) is 1. The van der Waals surface area contributed by atoms with E-state index in [0.717, 1.165) is 63.5 Å². The van der Waals surface area contributed by atoms with Gasteiger partial charge in [0.15, 0.2) is 5.78 Å². The van der Waals surface area contributed by atoms with Crippen molar-refractivity contribution in [1.29, 1.82) is 0 Å². The summed E-state index contributed by atoms with van der Waals surface area (Å²) in [7, 11) is 0. The Balaban J connectivity index is 1.36. The predicted molar refractivity (Wildman–Crippen MR) is 168 cm³/mol. The van der Waals surface area contributed by atoms with Gasteiger partial charge in [0.1, 0.15) is 6.10 Å². The van der Waals surface area contributed by atoms with Gasteiger partial charge in [-0.2, -0.15) is 0 Å². The standard InChI is InChI=1S/C37H52N2O4/c1-23(40)43-29-10-13-35(6)28(32(29,2)3)9-14-37(8)30(35)27(41)21-25-26-22-34(5,31(42)39-24-11-19-38-20-12-24)16-15-33(26,4)17-18-36(25,37)7/h11-12,19-21,26,28-30H,9-10,13-18,22H2,1-8H3,(H,38,39,42). The van der Waals surface area contributed by atoms with Gasteiger partial charge >= 0.3 is 5.97 Å². The second kappa shape index (κ2) is 9.75. The molecule has 4 saturated carbocycles. The fourth-order valence-electron chi connectivity index (χ4n) is 11.5. The molecule has 1 heterocycles. The summed E-state index contributed by atoms with van der Waals surface area (Å²) in [6, 6.07) is 3.68. The lowest BCUT2D eigenvalue weighted by Crippen LogP contribution is -2.66. The van der Waals surface area contributed by atoms with E-state index in [2.05, 4.69) is 64.8 Å². The molecule has 6 heteroatoms. The number of aromatic nitrogens is 1. The molecule has 0 bridgehead atoms. The summed E-state index contributed by atoms with van der Waals surface area (Å²) in [5, 5.41) is 3.17. The van der Waals surface area contributed by atoms with Crippen LogP contribution in [0.15, 0.2) is 36.2 Å². The number of esters is 1. The SMILES string of the molecule is CC(=O)OC1CCC2(C)C(CCC3(C)C2C(=O)C=C2C4CC(C)(C(=O)Nc5ccncc5)CCC4(C)CCC23C)C1(C)C. The van der Waals surface area contributed by atoms with E-state index in [1.807, 2.05) is 12.1 Å². The van der Waals surface area contributed by atoms with Gasteiger partial charge in [-0.05, 0) is 109 Å². The van der Waals surface area contributed by atoms with Gasteiger partial charge in [0, 0.05) is 41.8 Å². The van der Waals surface area contributed by atoms with Crippen LogP contribution in [0, 0.1) is 50.2 Å². The maximum atomic E-state index is 14.6. The maximum Gasteiger partial charge on any atom is 0.302 e. The van der Waals surface area contributed by atoms with Crippen LogP contribution in [0.25, 0.3) is 0 Å². The average Bonchev–Trinajstić information content (AvgIpc) is 2.93. The van der Waals surface area contributed by atoms with Crippen molar-refractivity contribution in [1.82, 2.24) is 4.98 Å². The summed E-state index contributed by atoms with van der Waals surface area (Å²) in [5.74, 6) is 0.606. The Labute approximate surface area is 258 Å². The summed E-state index contributed by atoms with van der Waals surface area (Å²) < 4.78 is 5.87. The first-order valence-electron chi connectivity index (χ1n) is 16.6. The summed E-state index contributed by atoms with van der Waals surface area (Å²) >= 11 is 0. The molecular formula is C37H52N2O4. The van der Waals surface area contributed by atoms with Crippen molar-refractivity contribution in [2.24, 2.45) is 50.2 Å². The Kier molecular flexibility index (Phi) is 6.92. The number of amides is 1. The van der Waals surface area contributed by atoms with E-state index in [1.54, 1.807) is 12.4 Å². The quantitative estimate of drug-likeness (QED) is 0.363. The van der Waals surface area contributed by atoms with E-state index in [-0.39, 0.29) is 56.9 Å². The number of fused-ring (bicyclic) bond motifs is 7. The van der Waals surface area contributed by atoms with E-state index in [9.17, 15) is 14.4 Å². The third kappa shape index (κ3) is 4.31. The van der Waals surface area contributed by atoms with Crippen molar-refractivity contribution in [3.05, 3.63) is 36.2 Å². The highest BCUT2D eigenvalue weighted by Crippen LogP contribution is 2.75. The van der Waals surface area contributed by atoms with Gasteiger partial charge in [-0.3, -0.25) is 19.4 Å². The topological polar surface area (TPSA) is 85.4 Å². The normalized spacial score (nSPS) is 44.9. The Morgan fingerprint density at radius 3 is 2.26 bits per heavy atom. The monoisotopic (exact) mass is 588 g/mol. The molecule has 9 unspecified atom stereocenters. The molecule has 4 fully saturated rings. The Morgan fingerprint density at radius 2 is 1.58 bits per heavy atom. The second-order valence-electron chi connectivity index (χ2n) is 16.9. The molecule has 5 aliphatic rings. The number of hydrogen-bond donors (Lipinski definition) is 1. The van der Waals surface area contributed by atoms with E-state index in [4.69, 9.17) is 4.74 Å². The van der Waals surface area contributed by atoms with Gasteiger partial charge in [-0.25, -0.2) is 0 Å². The van der Waals surface area contributed by atoms with Crippen LogP contribution in [-0.2, 0) is 19.1 Å². The van der Waals surface area contributed by atoms with E-state index in [1.165, 1.54) is 12.5 Å². The number of nitrogens with one attached hydrogen (secondary N) is 1. The fraction of sp³-hybridized carbons (Fsp3) is 0.730. The fourth-order valence-corrected chi connectivity index (χ4v) is 11.5. The molecule has 6 rings (SSSR count). The van der Waals surface area contributed by atoms with Crippen molar-refractivity contribution < 1.29 is 19.1 Å². The Hall–Kier alpha value is -2.50. The van der Waals surface area contributed by atoms with Crippen molar-refractivity contribution in [3.63, 3.8) is 0 Å². The molecule has 234 valence electrons. The van der Waals surface area contributed by atoms with Gasteiger partial charge in [-0.1, -0.05) is 54.0 Å². The highest BCUT2D eigenvalue weighted by atomic mass is 16.5. The van der Waals surface area contributed by atoms with Crippen LogP contribution in [0.2, 0.25) is 0 Å². The van der Waals surface area contributed by atoms with Crippen LogP contribution in [0.4, 0.5) is 5.69 Å². The van der Waals surface area contributed by atoms with E-state index in [0.29, 0.717) is 11.7 Å². The number of rotatable bonds is 3. The molecule has 5 aliphatic carbocycles. The number of pyridine rings is 1. The minimum Gasteiger partial charge on any atom is -0.462 e. The highest BCUT2D eigenvalue weighted by Gasteiger charge is 2.70. The summed E-state index contributed by atoms with van der Waals surface area (Å²) in [6.07, 6.45) is 14.0. The number of hydrogen-bond acceptors (Lipinski definition) is 5. The zero-order valence-electron chi connectivity index (χ0n) is 27.6. The van der Waals surface area contributed by atoms with Gasteiger partial charge in [0.2, 0.25) is 5.91 Å². The first-order chi connectivity index (χ1) is 20.0. The van der Waals surface area contributed by atoms with Crippen LogP contribution >= 0.6 is 0 Å². The van der Waals surface area contributed by atoms with Crippen LogP contribution in [0.3, 0.4) is 0 Å². The number of ketones is 1. The van der Waals surface area contributed by atoms with Gasteiger partial charge in [0.05, 0.1) is 0 Å². The Morgan fingerprint density at radius 1 is 0.907 bits per heavy atom. The van der Waals surface area contributed by atoms with Gasteiger partial charge in [-0.15, -0.1) is 0 Å². The minimum atomic E-state index is -0.504. The first kappa shape index (κ1) is 30.5. The summed E-state index contributed by atoms with van der Waals surface area (Å²) in [4.78, 5) is 44.5. The third-order valence-corrected chi connectivity index (χ3v) is 14.3. The van der Waals surface area contributed by atoms with Crippen molar-refractivity contribution in [2.45, 2.75) is 119 Å². The first-order valence-corrected chi connectivity index (χ1v) is 16.6. The molecule has 1 amide bonds. The molecule has 0 aliphatic heterocycles. The van der Waals surface area contributed by atoms with Gasteiger partial charge < -0.3 is 10.1 Å². The van der Waals surface area contributed by atoms with Crippen LogP contribution in [0.5, 0.6) is 0 Å². The number of allylic oxidation sites excluding steroid dienone is 2. The molecule has 0 spiro atoms. The summed E-state index contributed by atoms with van der Waals surface area (Å²) in [6.45, 7) is 17.8. The molecule has 0 aromatic carbocycles. The van der Waals surface area contributed by atoms with Crippen LogP contribution in [-0.4, -0.2) is 28.7 Å². The zero-order chi connectivity index (χ0) is 31.2. The highest BCUT2D eigenvalue weighted by molar-refractivity contribution is 5.96. The molecule has 43 heavy (non-hydrogen) atoms. The van der Waals surface area contributed by atoms with Crippen molar-refractivity contribution in [3.8, 4) is 0 Å². The van der Waals surface area contributed by atoms with Crippen molar-refractivity contribution >= 4 is 23.3 Å². The molecule has 9 atom stereocenters. The van der Waals surface area contributed by atoms with Crippen molar-refractivity contribution in [2.75, 3.05) is 5.32 Å².